The molecular weight excluding hydrogens is 324 g/mol. The van der Waals surface area contributed by atoms with Crippen molar-refractivity contribution in [2.75, 3.05) is 0 Å². The molecule has 4 fully saturated rings. The molecule has 27 heavy (non-hydrogen) atoms. The first-order chi connectivity index (χ1) is 12.8. The van der Waals surface area contributed by atoms with Gasteiger partial charge < -0.3 is 0 Å². The molecule has 0 unspecified atom stereocenters. The average Bonchev–Trinajstić information content (AvgIpc) is 2.98. The Morgan fingerprint density at radius 2 is 1.74 bits per heavy atom. The summed E-state index contributed by atoms with van der Waals surface area (Å²) in [7, 11) is 0. The standard InChI is InChI=1S/C27H44/c1-7-10-19(4)22-12-13-24-21-17-20(18(2)3)23-11-8-9-15-26(23,5)25(21)14-16-27(22,24)6/h7,19-25H,1-2,8-17H2,3-6H3/t19-,20-,21+,22-,23+,24+,25+,26+,27-/m1/s1. The minimum Gasteiger partial charge on any atom is -0.103 e. The first-order valence-electron chi connectivity index (χ1n) is 12.1. The van der Waals surface area contributed by atoms with E-state index >= 15 is 0 Å². The summed E-state index contributed by atoms with van der Waals surface area (Å²) in [6, 6.07) is 0. The van der Waals surface area contributed by atoms with E-state index in [1.54, 1.807) is 0 Å². The van der Waals surface area contributed by atoms with Gasteiger partial charge in [-0.2, -0.15) is 0 Å². The Bertz CT molecular complexity index is 587. The summed E-state index contributed by atoms with van der Waals surface area (Å²) in [4.78, 5) is 0. The van der Waals surface area contributed by atoms with Crippen LogP contribution >= 0.6 is 0 Å². The minimum atomic E-state index is 0.584. The Balaban J connectivity index is 1.65. The third-order valence-corrected chi connectivity index (χ3v) is 10.6. The SMILES string of the molecule is C=CC[C@@H](C)[C@H]1CC[C@H]2[C@@H]3C[C@H](C(=C)C)[C@@H]4CCCC[C@]4(C)[C@H]3CC[C@]12C. The maximum atomic E-state index is 4.50. The molecule has 152 valence electrons. The van der Waals surface area contributed by atoms with E-state index in [0.717, 1.165) is 41.4 Å². The van der Waals surface area contributed by atoms with E-state index in [0.29, 0.717) is 10.8 Å². The van der Waals surface area contributed by atoms with Gasteiger partial charge in [0.25, 0.3) is 0 Å². The molecule has 0 aliphatic heterocycles. The normalized spacial score (nSPS) is 50.2. The van der Waals surface area contributed by atoms with Crippen molar-refractivity contribution in [2.24, 2.45) is 52.3 Å². The first kappa shape index (κ1) is 19.8. The summed E-state index contributed by atoms with van der Waals surface area (Å²) >= 11 is 0. The highest BCUT2D eigenvalue weighted by atomic mass is 14.7. The molecule has 0 aromatic rings. The number of fused-ring (bicyclic) bond motifs is 5. The summed E-state index contributed by atoms with van der Waals surface area (Å²) in [5.74, 6) is 6.37. The van der Waals surface area contributed by atoms with E-state index in [-0.39, 0.29) is 0 Å². The van der Waals surface area contributed by atoms with Gasteiger partial charge in [-0.25, -0.2) is 0 Å². The molecule has 4 aliphatic carbocycles. The van der Waals surface area contributed by atoms with E-state index in [1.165, 1.54) is 69.8 Å². The molecule has 4 saturated carbocycles. The van der Waals surface area contributed by atoms with E-state index in [4.69, 9.17) is 0 Å². The second kappa shape index (κ2) is 7.07. The Kier molecular flexibility index (Phi) is 5.18. The Morgan fingerprint density at radius 1 is 1.00 bits per heavy atom. The molecule has 0 saturated heterocycles. The van der Waals surface area contributed by atoms with Crippen LogP contribution in [-0.4, -0.2) is 0 Å². The Morgan fingerprint density at radius 3 is 2.44 bits per heavy atom. The van der Waals surface area contributed by atoms with E-state index < -0.39 is 0 Å². The predicted octanol–water partition coefficient (Wildman–Crippen LogP) is 8.05. The molecule has 0 radical (unpaired) electrons. The molecule has 4 aliphatic rings. The lowest BCUT2D eigenvalue weighted by Gasteiger charge is -2.63. The van der Waals surface area contributed by atoms with Crippen LogP contribution < -0.4 is 0 Å². The second-order valence-corrected chi connectivity index (χ2v) is 11.7. The molecule has 0 heterocycles. The van der Waals surface area contributed by atoms with Gasteiger partial charge in [0.15, 0.2) is 0 Å². The van der Waals surface area contributed by atoms with Crippen molar-refractivity contribution in [1.82, 2.24) is 0 Å². The van der Waals surface area contributed by atoms with Gasteiger partial charge in [0.2, 0.25) is 0 Å². The highest BCUT2D eigenvalue weighted by Crippen LogP contribution is 2.69. The largest absolute Gasteiger partial charge is 0.103 e. The molecule has 0 heteroatoms. The van der Waals surface area contributed by atoms with Crippen LogP contribution in [0.1, 0.15) is 91.9 Å². The second-order valence-electron chi connectivity index (χ2n) is 11.7. The average molecular weight is 369 g/mol. The molecule has 0 amide bonds. The first-order valence-corrected chi connectivity index (χ1v) is 12.1. The molecule has 0 nitrogen and oxygen atoms in total. The maximum absolute atomic E-state index is 4.50. The molecule has 0 bridgehead atoms. The van der Waals surface area contributed by atoms with Crippen LogP contribution in [0.3, 0.4) is 0 Å². The number of hydrogen-bond donors (Lipinski definition) is 0. The fourth-order valence-electron chi connectivity index (χ4n) is 9.35. The van der Waals surface area contributed by atoms with Crippen molar-refractivity contribution in [3.8, 4) is 0 Å². The zero-order chi connectivity index (χ0) is 19.4. The quantitative estimate of drug-likeness (QED) is 0.440. The van der Waals surface area contributed by atoms with E-state index in [1.807, 2.05) is 0 Å². The minimum absolute atomic E-state index is 0.584. The third kappa shape index (κ3) is 2.91. The number of hydrogen-bond acceptors (Lipinski definition) is 0. The van der Waals surface area contributed by atoms with Crippen LogP contribution in [0, 0.1) is 52.3 Å². The Hall–Kier alpha value is -0.520. The van der Waals surface area contributed by atoms with E-state index in [2.05, 4.69) is 46.9 Å². The summed E-state index contributed by atoms with van der Waals surface area (Å²) in [5, 5.41) is 0. The fourth-order valence-corrected chi connectivity index (χ4v) is 9.35. The number of allylic oxidation sites excluding steroid dienone is 2. The number of rotatable bonds is 4. The van der Waals surface area contributed by atoms with Crippen molar-refractivity contribution in [1.29, 1.82) is 0 Å². The van der Waals surface area contributed by atoms with Gasteiger partial charge in [-0.3, -0.25) is 0 Å². The maximum Gasteiger partial charge on any atom is -0.0172 e. The fraction of sp³-hybridized carbons (Fsp3) is 0.852. The van der Waals surface area contributed by atoms with Gasteiger partial charge in [-0.05, 0) is 111 Å². The molecule has 4 rings (SSSR count). The van der Waals surface area contributed by atoms with Gasteiger partial charge >= 0.3 is 0 Å². The smallest absolute Gasteiger partial charge is 0.0172 e. The van der Waals surface area contributed by atoms with Gasteiger partial charge in [0, 0.05) is 0 Å². The van der Waals surface area contributed by atoms with Gasteiger partial charge in [-0.15, -0.1) is 6.58 Å². The molecule has 0 aromatic heterocycles. The lowest BCUT2D eigenvalue weighted by molar-refractivity contribution is -0.130. The topological polar surface area (TPSA) is 0 Å². The van der Waals surface area contributed by atoms with Crippen LogP contribution in [0.5, 0.6) is 0 Å². The lowest BCUT2D eigenvalue weighted by Crippen LogP contribution is -2.55. The molecular formula is C27H44. The molecule has 0 spiro atoms. The van der Waals surface area contributed by atoms with Crippen molar-refractivity contribution >= 4 is 0 Å². The third-order valence-electron chi connectivity index (χ3n) is 10.6. The zero-order valence-corrected chi connectivity index (χ0v) is 18.6. The molecule has 9 atom stereocenters. The highest BCUT2D eigenvalue weighted by molar-refractivity contribution is 5.15. The lowest BCUT2D eigenvalue weighted by atomic mass is 9.42. The van der Waals surface area contributed by atoms with Crippen LogP contribution in [0.2, 0.25) is 0 Å². The van der Waals surface area contributed by atoms with Gasteiger partial charge in [0.05, 0.1) is 0 Å². The van der Waals surface area contributed by atoms with Crippen LogP contribution in [0.15, 0.2) is 24.8 Å². The summed E-state index contributed by atoms with van der Waals surface area (Å²) in [6.45, 7) is 18.8. The summed E-state index contributed by atoms with van der Waals surface area (Å²) in [5.41, 5.74) is 2.67. The summed E-state index contributed by atoms with van der Waals surface area (Å²) in [6.07, 6.45) is 16.7. The predicted molar refractivity (Wildman–Crippen MR) is 117 cm³/mol. The van der Waals surface area contributed by atoms with E-state index in [9.17, 15) is 0 Å². The van der Waals surface area contributed by atoms with Gasteiger partial charge in [0.1, 0.15) is 0 Å². The van der Waals surface area contributed by atoms with Crippen LogP contribution in [0.4, 0.5) is 0 Å². The van der Waals surface area contributed by atoms with Gasteiger partial charge in [-0.1, -0.05) is 51.8 Å². The van der Waals surface area contributed by atoms with Crippen molar-refractivity contribution in [2.45, 2.75) is 91.9 Å². The van der Waals surface area contributed by atoms with Crippen LogP contribution in [-0.2, 0) is 0 Å². The van der Waals surface area contributed by atoms with Crippen molar-refractivity contribution < 1.29 is 0 Å². The summed E-state index contributed by atoms with van der Waals surface area (Å²) < 4.78 is 0. The molecule has 0 N–H and O–H groups in total. The van der Waals surface area contributed by atoms with Crippen LogP contribution in [0.25, 0.3) is 0 Å². The molecule has 0 aromatic carbocycles. The zero-order valence-electron chi connectivity index (χ0n) is 18.6. The highest BCUT2D eigenvalue weighted by Gasteiger charge is 2.61. The Labute approximate surface area is 169 Å². The van der Waals surface area contributed by atoms with Crippen molar-refractivity contribution in [3.05, 3.63) is 24.8 Å². The van der Waals surface area contributed by atoms with Crippen molar-refractivity contribution in [3.63, 3.8) is 0 Å². The monoisotopic (exact) mass is 368 g/mol.